The zero-order valence-corrected chi connectivity index (χ0v) is 17.3. The van der Waals surface area contributed by atoms with Gasteiger partial charge in [-0.25, -0.2) is 4.98 Å². The van der Waals surface area contributed by atoms with Gasteiger partial charge in [-0.05, 0) is 42.0 Å². The Morgan fingerprint density at radius 3 is 2.79 bits per heavy atom. The molecule has 0 saturated heterocycles. The maximum Gasteiger partial charge on any atom is 0.316 e. The molecule has 1 heterocycles. The molecule has 0 aliphatic heterocycles. The second kappa shape index (κ2) is 8.63. The van der Waals surface area contributed by atoms with Crippen LogP contribution in [0.3, 0.4) is 0 Å². The second-order valence-electron chi connectivity index (χ2n) is 6.24. The summed E-state index contributed by atoms with van der Waals surface area (Å²) >= 11 is 2.85. The van der Waals surface area contributed by atoms with Gasteiger partial charge in [-0.15, -0.1) is 11.3 Å². The Bertz CT molecular complexity index is 1200. The monoisotopic (exact) mass is 422 g/mol. The number of benzene rings is 3. The van der Waals surface area contributed by atoms with Gasteiger partial charge in [0.1, 0.15) is 0 Å². The van der Waals surface area contributed by atoms with Gasteiger partial charge in [0.15, 0.2) is 4.34 Å². The van der Waals surface area contributed by atoms with E-state index in [1.54, 1.807) is 6.92 Å². The zero-order chi connectivity index (χ0) is 20.2. The van der Waals surface area contributed by atoms with Crippen LogP contribution in [-0.4, -0.2) is 29.2 Å². The fourth-order valence-corrected chi connectivity index (χ4v) is 4.89. The van der Waals surface area contributed by atoms with Crippen molar-refractivity contribution < 1.29 is 14.3 Å². The van der Waals surface area contributed by atoms with Crippen LogP contribution in [0.5, 0.6) is 0 Å². The Labute approximate surface area is 176 Å². The molecule has 3 aromatic carbocycles. The van der Waals surface area contributed by atoms with Crippen LogP contribution in [0, 0.1) is 0 Å². The number of nitrogens with one attached hydrogen (secondary N) is 1. The van der Waals surface area contributed by atoms with Crippen LogP contribution in [0.4, 0.5) is 5.69 Å². The lowest BCUT2D eigenvalue weighted by molar-refractivity contribution is -0.139. The van der Waals surface area contributed by atoms with Gasteiger partial charge in [-0.1, -0.05) is 48.2 Å². The number of thioether (sulfide) groups is 1. The van der Waals surface area contributed by atoms with Crippen LogP contribution in [0.2, 0.25) is 0 Å². The summed E-state index contributed by atoms with van der Waals surface area (Å²) in [6.07, 6.45) is 0. The molecule has 0 spiro atoms. The van der Waals surface area contributed by atoms with Gasteiger partial charge in [0.05, 0.1) is 22.6 Å². The number of hydrogen-bond acceptors (Lipinski definition) is 6. The third kappa shape index (κ3) is 4.41. The van der Waals surface area contributed by atoms with Gasteiger partial charge >= 0.3 is 5.97 Å². The molecule has 5 nitrogen and oxygen atoms in total. The highest BCUT2D eigenvalue weighted by atomic mass is 32.2. The van der Waals surface area contributed by atoms with E-state index < -0.39 is 0 Å². The number of hydrogen-bond donors (Lipinski definition) is 1. The van der Waals surface area contributed by atoms with Crippen molar-refractivity contribution in [3.05, 3.63) is 66.2 Å². The minimum atomic E-state index is -0.250. The number of carbonyl (C=O) groups is 2. The first-order chi connectivity index (χ1) is 14.1. The molecule has 0 bridgehead atoms. The van der Waals surface area contributed by atoms with Gasteiger partial charge in [0.25, 0.3) is 5.91 Å². The number of fused-ring (bicyclic) bond motifs is 2. The van der Waals surface area contributed by atoms with Crippen molar-refractivity contribution >= 4 is 61.7 Å². The molecule has 7 heteroatoms. The molecule has 29 heavy (non-hydrogen) atoms. The Kier molecular flexibility index (Phi) is 5.78. The molecule has 0 radical (unpaired) electrons. The summed E-state index contributed by atoms with van der Waals surface area (Å²) in [6.45, 7) is 2.16. The van der Waals surface area contributed by atoms with E-state index >= 15 is 0 Å². The number of rotatable bonds is 6. The van der Waals surface area contributed by atoms with Crippen molar-refractivity contribution in [1.29, 1.82) is 0 Å². The molecule has 0 unspecified atom stereocenters. The SMILES string of the molecule is CCOC(=O)CSc1nc2ccc(NC(=O)c3cccc4ccccc34)cc2s1. The lowest BCUT2D eigenvalue weighted by Crippen LogP contribution is -2.12. The van der Waals surface area contributed by atoms with Crippen molar-refractivity contribution in [3.63, 3.8) is 0 Å². The maximum absolute atomic E-state index is 12.8. The van der Waals surface area contributed by atoms with Crippen molar-refractivity contribution in [2.45, 2.75) is 11.3 Å². The summed E-state index contributed by atoms with van der Waals surface area (Å²) in [7, 11) is 0. The normalized spacial score (nSPS) is 10.9. The molecule has 0 fully saturated rings. The van der Waals surface area contributed by atoms with Crippen LogP contribution < -0.4 is 5.32 Å². The smallest absolute Gasteiger partial charge is 0.316 e. The first-order valence-electron chi connectivity index (χ1n) is 9.12. The van der Waals surface area contributed by atoms with Crippen LogP contribution in [0.15, 0.2) is 65.0 Å². The summed E-state index contributed by atoms with van der Waals surface area (Å²) < 4.78 is 6.69. The third-order valence-corrected chi connectivity index (χ3v) is 6.41. The van der Waals surface area contributed by atoms with Crippen LogP contribution in [0.1, 0.15) is 17.3 Å². The molecule has 0 saturated carbocycles. The van der Waals surface area contributed by atoms with E-state index in [1.807, 2.05) is 60.7 Å². The first kappa shape index (κ1) is 19.4. The largest absolute Gasteiger partial charge is 0.465 e. The highest BCUT2D eigenvalue weighted by Gasteiger charge is 2.12. The van der Waals surface area contributed by atoms with Crippen LogP contribution in [0.25, 0.3) is 21.0 Å². The Hall–Kier alpha value is -2.90. The molecule has 1 amide bonds. The number of esters is 1. The van der Waals surface area contributed by atoms with Gasteiger partial charge < -0.3 is 10.1 Å². The van der Waals surface area contributed by atoms with E-state index in [-0.39, 0.29) is 17.6 Å². The molecule has 0 aliphatic carbocycles. The fraction of sp³-hybridized carbons (Fsp3) is 0.136. The zero-order valence-electron chi connectivity index (χ0n) is 15.7. The number of nitrogens with zero attached hydrogens (tertiary/aromatic N) is 1. The van der Waals surface area contributed by atoms with Crippen molar-refractivity contribution in [2.24, 2.45) is 0 Å². The molecule has 4 rings (SSSR count). The lowest BCUT2D eigenvalue weighted by Gasteiger charge is -2.08. The van der Waals surface area contributed by atoms with Crippen LogP contribution >= 0.6 is 23.1 Å². The van der Waals surface area contributed by atoms with Gasteiger partial charge in [0.2, 0.25) is 0 Å². The van der Waals surface area contributed by atoms with E-state index in [0.29, 0.717) is 17.9 Å². The van der Waals surface area contributed by atoms with E-state index in [2.05, 4.69) is 10.3 Å². The number of aromatic nitrogens is 1. The fourth-order valence-electron chi connectivity index (χ4n) is 2.99. The molecule has 0 aliphatic rings. The van der Waals surface area contributed by atoms with E-state index in [4.69, 9.17) is 4.74 Å². The maximum atomic E-state index is 12.8. The minimum Gasteiger partial charge on any atom is -0.465 e. The molecule has 1 aromatic heterocycles. The van der Waals surface area contributed by atoms with Crippen molar-refractivity contribution in [2.75, 3.05) is 17.7 Å². The Balaban J connectivity index is 1.52. The highest BCUT2D eigenvalue weighted by molar-refractivity contribution is 8.01. The molecule has 4 aromatic rings. The first-order valence-corrected chi connectivity index (χ1v) is 10.9. The number of anilines is 1. The van der Waals surface area contributed by atoms with Crippen LogP contribution in [-0.2, 0) is 9.53 Å². The molecule has 146 valence electrons. The highest BCUT2D eigenvalue weighted by Crippen LogP contribution is 2.31. The van der Waals surface area contributed by atoms with Gasteiger partial charge in [-0.2, -0.15) is 0 Å². The van der Waals surface area contributed by atoms with Gasteiger partial charge in [-0.3, -0.25) is 9.59 Å². The third-order valence-electron chi connectivity index (χ3n) is 4.28. The predicted octanol–water partition coefficient (Wildman–Crippen LogP) is 5.36. The molecular formula is C22H18N2O3S2. The minimum absolute atomic E-state index is 0.150. The Morgan fingerprint density at radius 2 is 1.93 bits per heavy atom. The molecule has 0 atom stereocenters. The summed E-state index contributed by atoms with van der Waals surface area (Å²) in [5, 5.41) is 4.93. The Morgan fingerprint density at radius 1 is 1.10 bits per heavy atom. The number of carbonyl (C=O) groups excluding carboxylic acids is 2. The topological polar surface area (TPSA) is 68.3 Å². The van der Waals surface area contributed by atoms with E-state index in [9.17, 15) is 9.59 Å². The molecule has 1 N–H and O–H groups in total. The quantitative estimate of drug-likeness (QED) is 0.335. The average molecular weight is 423 g/mol. The number of amides is 1. The second-order valence-corrected chi connectivity index (χ2v) is 8.49. The summed E-state index contributed by atoms with van der Waals surface area (Å²) in [4.78, 5) is 28.9. The average Bonchev–Trinajstić information content (AvgIpc) is 3.14. The predicted molar refractivity (Wildman–Crippen MR) is 119 cm³/mol. The van der Waals surface area contributed by atoms with E-state index in [1.165, 1.54) is 23.1 Å². The summed E-state index contributed by atoms with van der Waals surface area (Å²) in [5.74, 6) is -0.166. The van der Waals surface area contributed by atoms with Crippen molar-refractivity contribution in [3.8, 4) is 0 Å². The summed E-state index contributed by atoms with van der Waals surface area (Å²) in [5.41, 5.74) is 2.18. The standard InChI is InChI=1S/C22H18N2O3S2/c1-2-27-20(25)13-28-22-24-18-11-10-15(12-19(18)29-22)23-21(26)17-9-5-7-14-6-3-4-8-16(14)17/h3-12H,2,13H2,1H3,(H,23,26). The number of ether oxygens (including phenoxy) is 1. The van der Waals surface area contributed by atoms with Gasteiger partial charge in [0, 0.05) is 11.3 Å². The van der Waals surface area contributed by atoms with E-state index in [0.717, 1.165) is 25.3 Å². The molecular weight excluding hydrogens is 404 g/mol. The number of thiazole rings is 1. The summed E-state index contributed by atoms with van der Waals surface area (Å²) in [6, 6.07) is 19.1. The lowest BCUT2D eigenvalue weighted by atomic mass is 10.0. The van der Waals surface area contributed by atoms with Crippen molar-refractivity contribution in [1.82, 2.24) is 4.98 Å².